The summed E-state index contributed by atoms with van der Waals surface area (Å²) >= 11 is 0. The van der Waals surface area contributed by atoms with Gasteiger partial charge >= 0.3 is 51.4 Å². The first kappa shape index (κ1) is 30.6. The van der Waals surface area contributed by atoms with Crippen LogP contribution >= 0.6 is 0 Å². The second-order valence-corrected chi connectivity index (χ2v) is 9.93. The van der Waals surface area contributed by atoms with Gasteiger partial charge in [-0.2, -0.15) is 8.42 Å². The second kappa shape index (κ2) is 17.1. The molecule has 0 aliphatic carbocycles. The number of ether oxygens (including phenoxy) is 1. The van der Waals surface area contributed by atoms with E-state index in [1.807, 2.05) is 0 Å². The number of hydrogen-bond acceptors (Lipinski definition) is 4. The molecule has 0 fully saturated rings. The fraction of sp³-hybridized carbons (Fsp3) is 0.538. The Hall–Kier alpha value is -0.414. The maximum Gasteiger partial charge on any atom is 1.00 e. The van der Waals surface area contributed by atoms with Crippen molar-refractivity contribution >= 4 is 10.1 Å². The molecule has 0 aliphatic rings. The largest absolute Gasteiger partial charge is 1.00 e. The molecule has 7 heteroatoms. The van der Waals surface area contributed by atoms with Crippen molar-refractivity contribution in [1.82, 2.24) is 0 Å². The van der Waals surface area contributed by atoms with E-state index in [9.17, 15) is 18.1 Å². The van der Waals surface area contributed by atoms with Crippen molar-refractivity contribution in [1.29, 1.82) is 0 Å². The van der Waals surface area contributed by atoms with Crippen molar-refractivity contribution in [3.05, 3.63) is 48.0 Å². The van der Waals surface area contributed by atoms with E-state index in [1.165, 1.54) is 88.5 Å². The van der Waals surface area contributed by atoms with E-state index in [0.29, 0.717) is 17.9 Å². The third-order valence-corrected chi connectivity index (χ3v) is 6.43. The molecule has 2 aromatic rings. The van der Waals surface area contributed by atoms with Crippen molar-refractivity contribution in [3.8, 4) is 17.2 Å². The summed E-state index contributed by atoms with van der Waals surface area (Å²) in [5, 5.41) is 11.5. The van der Waals surface area contributed by atoms with Crippen LogP contribution in [-0.2, 0) is 16.5 Å². The van der Waals surface area contributed by atoms with Crippen molar-refractivity contribution < 1.29 is 74.2 Å². The summed E-state index contributed by atoms with van der Waals surface area (Å²) < 4.78 is 38.5. The molecule has 178 valence electrons. The first-order valence-electron chi connectivity index (χ1n) is 11.9. The van der Waals surface area contributed by atoms with Crippen molar-refractivity contribution in [2.45, 2.75) is 95.3 Å². The monoisotopic (exact) mass is 500 g/mol. The molecule has 0 bridgehead atoms. The van der Waals surface area contributed by atoms with Crippen molar-refractivity contribution in [2.24, 2.45) is 0 Å². The summed E-state index contributed by atoms with van der Waals surface area (Å²) in [6, 6.07) is 10.5. The van der Waals surface area contributed by atoms with Crippen LogP contribution in [0.25, 0.3) is 0 Å². The van der Waals surface area contributed by atoms with Crippen molar-refractivity contribution in [2.75, 3.05) is 0 Å². The van der Waals surface area contributed by atoms with Gasteiger partial charge in [-0.05, 0) is 42.7 Å². The summed E-state index contributed by atoms with van der Waals surface area (Å²) in [6.07, 6.45) is 15.8. The van der Waals surface area contributed by atoms with Crippen molar-refractivity contribution in [3.63, 3.8) is 0 Å². The Morgan fingerprint density at radius 1 is 0.788 bits per heavy atom. The molecular formula is C26H37KO5S. The fourth-order valence-electron chi connectivity index (χ4n) is 3.83. The van der Waals surface area contributed by atoms with E-state index >= 15 is 0 Å². The first-order chi connectivity index (χ1) is 15.4. The smallest absolute Gasteiger partial charge is 0.872 e. The van der Waals surface area contributed by atoms with Crippen LogP contribution in [0.1, 0.15) is 89.5 Å². The maximum absolute atomic E-state index is 11.7. The van der Waals surface area contributed by atoms with Gasteiger partial charge in [0.15, 0.2) is 0 Å². The molecule has 0 amide bonds. The number of hydrogen-bond donors (Lipinski definition) is 1. The summed E-state index contributed by atoms with van der Waals surface area (Å²) in [5.74, 6) is 0.436. The Morgan fingerprint density at radius 2 is 1.36 bits per heavy atom. The van der Waals surface area contributed by atoms with E-state index in [1.54, 1.807) is 18.2 Å². The molecule has 0 unspecified atom stereocenters. The molecular weight excluding hydrogens is 463 g/mol. The summed E-state index contributed by atoms with van der Waals surface area (Å²) in [6.45, 7) is 2.24. The topological polar surface area (TPSA) is 86.7 Å². The number of benzene rings is 2. The van der Waals surface area contributed by atoms with Gasteiger partial charge in [-0.3, -0.25) is 4.55 Å². The van der Waals surface area contributed by atoms with E-state index in [0.717, 1.165) is 18.4 Å². The number of rotatable bonds is 16. The Labute approximate surface area is 242 Å². The summed E-state index contributed by atoms with van der Waals surface area (Å²) in [7, 11) is -4.35. The standard InChI is InChI=1S/C26H38O5S.K/c1-2-3-4-5-6-7-8-9-10-11-12-13-15-22-18-25(21-26(19-22)32(28,29)30)31-24-17-14-16-23(27)20-24;/h14,16-21,27H,2-13,15H2,1H3,(H,28,29,30);/q;+1/p-1. The molecule has 0 radical (unpaired) electrons. The zero-order chi connectivity index (χ0) is 23.2. The Bertz CT molecular complexity index is 915. The predicted molar refractivity (Wildman–Crippen MR) is 127 cm³/mol. The zero-order valence-electron chi connectivity index (χ0n) is 20.2. The van der Waals surface area contributed by atoms with Gasteiger partial charge in [0.1, 0.15) is 11.5 Å². The van der Waals surface area contributed by atoms with Crippen LogP contribution in [0, 0.1) is 0 Å². The molecule has 1 N–H and O–H groups in total. The van der Waals surface area contributed by atoms with Gasteiger partial charge < -0.3 is 9.84 Å². The minimum Gasteiger partial charge on any atom is -0.872 e. The molecule has 0 saturated heterocycles. The van der Waals surface area contributed by atoms with Crippen LogP contribution in [-0.4, -0.2) is 13.0 Å². The third-order valence-electron chi connectivity index (χ3n) is 5.60. The average Bonchev–Trinajstić information content (AvgIpc) is 2.74. The first-order valence-corrected chi connectivity index (χ1v) is 13.4. The minimum absolute atomic E-state index is 0. The van der Waals surface area contributed by atoms with Gasteiger partial charge in [0, 0.05) is 6.07 Å². The molecule has 2 rings (SSSR count). The van der Waals surface area contributed by atoms with E-state index in [-0.39, 0.29) is 62.0 Å². The van der Waals surface area contributed by atoms with Gasteiger partial charge in [-0.1, -0.05) is 89.7 Å². The zero-order valence-corrected chi connectivity index (χ0v) is 24.2. The molecule has 0 spiro atoms. The Balaban J connectivity index is 0.00000544. The molecule has 33 heavy (non-hydrogen) atoms. The second-order valence-electron chi connectivity index (χ2n) is 8.50. The van der Waals surface area contributed by atoms with Crippen LogP contribution in [0.15, 0.2) is 47.4 Å². The van der Waals surface area contributed by atoms with Crippen LogP contribution in [0.3, 0.4) is 0 Å². The van der Waals surface area contributed by atoms with E-state index in [4.69, 9.17) is 4.74 Å². The number of unbranched alkanes of at least 4 members (excludes halogenated alkanes) is 11. The molecule has 0 heterocycles. The van der Waals surface area contributed by atoms with Gasteiger partial charge in [-0.15, -0.1) is 5.75 Å². The van der Waals surface area contributed by atoms with Crippen LogP contribution in [0.5, 0.6) is 17.2 Å². The van der Waals surface area contributed by atoms with E-state index in [2.05, 4.69) is 6.92 Å². The molecule has 0 saturated carbocycles. The molecule has 0 aliphatic heterocycles. The SMILES string of the molecule is CCCCCCCCCCCCCCc1cc(Oc2cccc([O-])c2)cc(S(=O)(=O)O)c1.[K+]. The van der Waals surface area contributed by atoms with Gasteiger partial charge in [-0.25, -0.2) is 0 Å². The third kappa shape index (κ3) is 13.3. The summed E-state index contributed by atoms with van der Waals surface area (Å²) in [4.78, 5) is -0.192. The van der Waals surface area contributed by atoms with Gasteiger partial charge in [0.05, 0.1) is 4.90 Å². The Morgan fingerprint density at radius 3 is 1.91 bits per heavy atom. The normalized spacial score (nSPS) is 11.2. The maximum atomic E-state index is 11.7. The van der Waals surface area contributed by atoms with Gasteiger partial charge in [0.25, 0.3) is 10.1 Å². The van der Waals surface area contributed by atoms with Crippen LogP contribution in [0.2, 0.25) is 0 Å². The average molecular weight is 501 g/mol. The summed E-state index contributed by atoms with van der Waals surface area (Å²) in [5.41, 5.74) is 0.792. The molecule has 5 nitrogen and oxygen atoms in total. The molecule has 0 atom stereocenters. The molecule has 0 aromatic heterocycles. The van der Waals surface area contributed by atoms with Gasteiger partial charge in [0.2, 0.25) is 0 Å². The van der Waals surface area contributed by atoms with Crippen LogP contribution in [0.4, 0.5) is 0 Å². The quantitative estimate of drug-likeness (QED) is 0.213. The minimum atomic E-state index is -4.35. The number of aryl methyl sites for hydroxylation is 1. The van der Waals surface area contributed by atoms with E-state index < -0.39 is 10.1 Å². The molecule has 2 aromatic carbocycles. The fourth-order valence-corrected chi connectivity index (χ4v) is 4.39. The van der Waals surface area contributed by atoms with Crippen LogP contribution < -0.4 is 61.2 Å². The predicted octanol–water partition coefficient (Wildman–Crippen LogP) is 4.05. The Kier molecular flexibility index (Phi) is 15.9.